The van der Waals surface area contributed by atoms with Gasteiger partial charge in [-0.05, 0) is 51.6 Å². The van der Waals surface area contributed by atoms with Gasteiger partial charge in [0.15, 0.2) is 5.96 Å². The first-order chi connectivity index (χ1) is 14.5. The highest BCUT2D eigenvalue weighted by molar-refractivity contribution is 14.0. The standard InChI is InChI=1S/C22H36N6O2.HI/c1-4-23-22(25-11-7-14-28-13-6-10-20(28)29)26-17-18-8-5-9-19(16-18)21(30)24-12-15-27(2)3;/h5,8-9,16H,4,6-7,10-15,17H2,1-3H3,(H,24,30)(H2,23,25,26);1H. The SMILES string of the molecule is CCNC(=NCc1cccc(C(=O)NCCN(C)C)c1)NCCCN1CCCC1=O.I. The van der Waals surface area contributed by atoms with Crippen molar-refractivity contribution in [3.8, 4) is 0 Å². The zero-order valence-electron chi connectivity index (χ0n) is 18.9. The molecule has 2 rings (SSSR count). The Labute approximate surface area is 203 Å². The minimum Gasteiger partial charge on any atom is -0.357 e. The number of likely N-dealkylation sites (N-methyl/N-ethyl adjacent to an activating group) is 1. The second-order valence-corrected chi connectivity index (χ2v) is 7.72. The molecule has 0 bridgehead atoms. The van der Waals surface area contributed by atoms with Gasteiger partial charge in [-0.1, -0.05) is 12.1 Å². The Balaban J connectivity index is 0.00000480. The number of nitrogens with one attached hydrogen (secondary N) is 3. The summed E-state index contributed by atoms with van der Waals surface area (Å²) in [7, 11) is 3.96. The van der Waals surface area contributed by atoms with Gasteiger partial charge in [-0.3, -0.25) is 9.59 Å². The van der Waals surface area contributed by atoms with Gasteiger partial charge in [0.25, 0.3) is 5.91 Å². The van der Waals surface area contributed by atoms with Gasteiger partial charge in [0.1, 0.15) is 0 Å². The van der Waals surface area contributed by atoms with Crippen molar-refractivity contribution < 1.29 is 9.59 Å². The summed E-state index contributed by atoms with van der Waals surface area (Å²) in [6.07, 6.45) is 2.55. The number of likely N-dealkylation sites (tertiary alicyclic amines) is 1. The summed E-state index contributed by atoms with van der Waals surface area (Å²) in [6, 6.07) is 7.57. The van der Waals surface area contributed by atoms with E-state index < -0.39 is 0 Å². The zero-order valence-corrected chi connectivity index (χ0v) is 21.3. The molecule has 31 heavy (non-hydrogen) atoms. The molecule has 0 aliphatic carbocycles. The van der Waals surface area contributed by atoms with Crippen molar-refractivity contribution in [2.45, 2.75) is 32.7 Å². The van der Waals surface area contributed by atoms with E-state index in [-0.39, 0.29) is 35.8 Å². The number of hydrogen-bond donors (Lipinski definition) is 3. The lowest BCUT2D eigenvalue weighted by Gasteiger charge is -2.16. The Morgan fingerprint density at radius 2 is 2.00 bits per heavy atom. The normalized spacial score (nSPS) is 13.9. The van der Waals surface area contributed by atoms with Crippen LogP contribution in [0.4, 0.5) is 0 Å². The van der Waals surface area contributed by atoms with Gasteiger partial charge >= 0.3 is 0 Å². The molecule has 0 radical (unpaired) electrons. The van der Waals surface area contributed by atoms with Gasteiger partial charge < -0.3 is 25.8 Å². The van der Waals surface area contributed by atoms with Crippen LogP contribution in [-0.4, -0.2) is 80.9 Å². The molecule has 0 atom stereocenters. The predicted molar refractivity (Wildman–Crippen MR) is 136 cm³/mol. The van der Waals surface area contributed by atoms with Crippen LogP contribution >= 0.6 is 24.0 Å². The number of amides is 2. The summed E-state index contributed by atoms with van der Waals surface area (Å²) >= 11 is 0. The van der Waals surface area contributed by atoms with Crippen molar-refractivity contribution in [1.29, 1.82) is 0 Å². The molecule has 0 spiro atoms. The summed E-state index contributed by atoms with van der Waals surface area (Å²) in [4.78, 5) is 32.6. The number of nitrogens with zero attached hydrogens (tertiary/aromatic N) is 3. The Morgan fingerprint density at radius 3 is 2.68 bits per heavy atom. The topological polar surface area (TPSA) is 89.1 Å². The lowest BCUT2D eigenvalue weighted by Crippen LogP contribution is -2.39. The second kappa shape index (κ2) is 15.0. The lowest BCUT2D eigenvalue weighted by atomic mass is 10.1. The number of aliphatic imine (C=N–C) groups is 1. The molecule has 1 heterocycles. The number of carbonyl (C=O) groups excluding carboxylic acids is 2. The first kappa shape index (κ1) is 27.2. The van der Waals surface area contributed by atoms with E-state index >= 15 is 0 Å². The summed E-state index contributed by atoms with van der Waals surface area (Å²) < 4.78 is 0. The van der Waals surface area contributed by atoms with Crippen LogP contribution in [0.25, 0.3) is 0 Å². The van der Waals surface area contributed by atoms with Crippen molar-refractivity contribution in [2.75, 3.05) is 53.4 Å². The van der Waals surface area contributed by atoms with Crippen LogP contribution < -0.4 is 16.0 Å². The van der Waals surface area contributed by atoms with Crippen LogP contribution in [-0.2, 0) is 11.3 Å². The monoisotopic (exact) mass is 544 g/mol. The molecule has 1 aliphatic heterocycles. The molecular weight excluding hydrogens is 507 g/mol. The van der Waals surface area contributed by atoms with Crippen molar-refractivity contribution in [2.24, 2.45) is 4.99 Å². The molecule has 1 aliphatic rings. The molecule has 1 aromatic rings. The fourth-order valence-electron chi connectivity index (χ4n) is 3.24. The smallest absolute Gasteiger partial charge is 0.251 e. The lowest BCUT2D eigenvalue weighted by molar-refractivity contribution is -0.127. The predicted octanol–water partition coefficient (Wildman–Crippen LogP) is 1.66. The number of rotatable bonds is 11. The molecule has 1 saturated heterocycles. The van der Waals surface area contributed by atoms with E-state index in [0.29, 0.717) is 25.1 Å². The fraction of sp³-hybridized carbons (Fsp3) is 0.591. The molecule has 0 saturated carbocycles. The van der Waals surface area contributed by atoms with E-state index in [4.69, 9.17) is 0 Å². The van der Waals surface area contributed by atoms with Gasteiger partial charge in [0, 0.05) is 51.3 Å². The van der Waals surface area contributed by atoms with E-state index in [0.717, 1.165) is 57.1 Å². The van der Waals surface area contributed by atoms with Crippen LogP contribution in [0.15, 0.2) is 29.3 Å². The Hall–Kier alpha value is -1.88. The zero-order chi connectivity index (χ0) is 21.8. The third-order valence-electron chi connectivity index (χ3n) is 4.87. The first-order valence-corrected chi connectivity index (χ1v) is 10.8. The first-order valence-electron chi connectivity index (χ1n) is 10.8. The Kier molecular flexibility index (Phi) is 13.1. The highest BCUT2D eigenvalue weighted by Crippen LogP contribution is 2.09. The molecule has 3 N–H and O–H groups in total. The number of benzene rings is 1. The number of carbonyl (C=O) groups is 2. The quantitative estimate of drug-likeness (QED) is 0.171. The van der Waals surface area contributed by atoms with E-state index in [1.54, 1.807) is 0 Å². The number of guanidine groups is 1. The van der Waals surface area contributed by atoms with Crippen LogP contribution in [0.3, 0.4) is 0 Å². The number of hydrogen-bond acceptors (Lipinski definition) is 4. The summed E-state index contributed by atoms with van der Waals surface area (Å²) in [5.41, 5.74) is 1.63. The highest BCUT2D eigenvalue weighted by Gasteiger charge is 2.18. The summed E-state index contributed by atoms with van der Waals surface area (Å²) in [6.45, 7) is 7.12. The van der Waals surface area contributed by atoms with Crippen LogP contribution in [0.1, 0.15) is 42.1 Å². The molecule has 1 fully saturated rings. The van der Waals surface area contributed by atoms with Crippen LogP contribution in [0.2, 0.25) is 0 Å². The van der Waals surface area contributed by atoms with Crippen molar-refractivity contribution in [3.63, 3.8) is 0 Å². The highest BCUT2D eigenvalue weighted by atomic mass is 127. The maximum Gasteiger partial charge on any atom is 0.251 e. The van der Waals surface area contributed by atoms with Crippen molar-refractivity contribution >= 4 is 41.8 Å². The van der Waals surface area contributed by atoms with Crippen molar-refractivity contribution in [3.05, 3.63) is 35.4 Å². The Morgan fingerprint density at radius 1 is 1.19 bits per heavy atom. The minimum atomic E-state index is -0.0656. The van der Waals surface area contributed by atoms with E-state index in [1.807, 2.05) is 55.1 Å². The maximum absolute atomic E-state index is 12.3. The molecule has 0 aromatic heterocycles. The van der Waals surface area contributed by atoms with Gasteiger partial charge in [-0.25, -0.2) is 4.99 Å². The third kappa shape index (κ3) is 10.3. The van der Waals surface area contributed by atoms with E-state index in [2.05, 4.69) is 20.9 Å². The van der Waals surface area contributed by atoms with Gasteiger partial charge in [0.2, 0.25) is 5.91 Å². The molecule has 0 unspecified atom stereocenters. The minimum absolute atomic E-state index is 0. The number of halogens is 1. The average Bonchev–Trinajstić information content (AvgIpc) is 3.13. The van der Waals surface area contributed by atoms with E-state index in [1.165, 1.54) is 0 Å². The van der Waals surface area contributed by atoms with Crippen LogP contribution in [0, 0.1) is 0 Å². The Bertz CT molecular complexity index is 726. The fourth-order valence-corrected chi connectivity index (χ4v) is 3.24. The largest absolute Gasteiger partial charge is 0.357 e. The molecule has 9 heteroatoms. The second-order valence-electron chi connectivity index (χ2n) is 7.72. The maximum atomic E-state index is 12.3. The van der Waals surface area contributed by atoms with Gasteiger partial charge in [0.05, 0.1) is 6.54 Å². The molecule has 2 amide bonds. The van der Waals surface area contributed by atoms with Gasteiger partial charge in [-0.15, -0.1) is 24.0 Å². The molecule has 8 nitrogen and oxygen atoms in total. The average molecular weight is 544 g/mol. The van der Waals surface area contributed by atoms with Gasteiger partial charge in [-0.2, -0.15) is 0 Å². The van der Waals surface area contributed by atoms with Crippen molar-refractivity contribution in [1.82, 2.24) is 25.8 Å². The third-order valence-corrected chi connectivity index (χ3v) is 4.87. The van der Waals surface area contributed by atoms with E-state index in [9.17, 15) is 9.59 Å². The molecule has 1 aromatic carbocycles. The summed E-state index contributed by atoms with van der Waals surface area (Å²) in [5, 5.41) is 9.50. The van der Waals surface area contributed by atoms with Crippen LogP contribution in [0.5, 0.6) is 0 Å². The molecular formula is C22H37IN6O2. The summed E-state index contributed by atoms with van der Waals surface area (Å²) in [5.74, 6) is 0.941. The molecule has 174 valence electrons.